The van der Waals surface area contributed by atoms with E-state index in [0.29, 0.717) is 5.92 Å². The van der Waals surface area contributed by atoms with E-state index < -0.39 is 0 Å². The van der Waals surface area contributed by atoms with E-state index in [1.54, 1.807) is 0 Å². The maximum atomic E-state index is 5.39. The van der Waals surface area contributed by atoms with Gasteiger partial charge >= 0.3 is 0 Å². The molecule has 1 aliphatic rings. The maximum Gasteiger partial charge on any atom is 0.128 e. The lowest BCUT2D eigenvalue weighted by Crippen LogP contribution is -2.34. The van der Waals surface area contributed by atoms with Gasteiger partial charge in [0.25, 0.3) is 0 Å². The van der Waals surface area contributed by atoms with Crippen LogP contribution < -0.4 is 5.32 Å². The average Bonchev–Trinajstić information content (AvgIpc) is 3.49. The summed E-state index contributed by atoms with van der Waals surface area (Å²) < 4.78 is 4.70. The van der Waals surface area contributed by atoms with Gasteiger partial charge in [-0.2, -0.15) is 0 Å². The molecule has 3 atom stereocenters. The van der Waals surface area contributed by atoms with Crippen LogP contribution in [0.4, 0.5) is 0 Å². The number of rotatable bonds is 7. The van der Waals surface area contributed by atoms with Gasteiger partial charge in [-0.15, -0.1) is 0 Å². The summed E-state index contributed by atoms with van der Waals surface area (Å²) in [6, 6.07) is 54.2. The summed E-state index contributed by atoms with van der Waals surface area (Å²) in [5.41, 5.74) is 8.24. The van der Waals surface area contributed by atoms with Gasteiger partial charge < -0.3 is 4.57 Å². The van der Waals surface area contributed by atoms with Crippen LogP contribution in [0, 0.1) is 5.92 Å². The molecule has 0 aliphatic heterocycles. The van der Waals surface area contributed by atoms with Gasteiger partial charge in [-0.1, -0.05) is 128 Å². The third-order valence-electron chi connectivity index (χ3n) is 9.96. The molecule has 1 aliphatic carbocycles. The van der Waals surface area contributed by atoms with Crippen LogP contribution in [0.15, 0.2) is 157 Å². The van der Waals surface area contributed by atoms with E-state index in [2.05, 4.69) is 179 Å². The van der Waals surface area contributed by atoms with Crippen molar-refractivity contribution in [2.24, 2.45) is 10.9 Å². The molecule has 4 heteroatoms. The second kappa shape index (κ2) is 10.6. The fourth-order valence-corrected chi connectivity index (χ4v) is 7.58. The molecule has 1 fully saturated rings. The summed E-state index contributed by atoms with van der Waals surface area (Å²) >= 11 is 0. The number of para-hydroxylation sites is 3. The van der Waals surface area contributed by atoms with Crippen LogP contribution in [0.3, 0.4) is 0 Å². The third kappa shape index (κ3) is 4.14. The molecule has 0 radical (unpaired) electrons. The van der Waals surface area contributed by atoms with Crippen LogP contribution in [0.1, 0.15) is 30.6 Å². The molecule has 0 spiro atoms. The lowest BCUT2D eigenvalue weighted by molar-refractivity contribution is 0.415. The van der Waals surface area contributed by atoms with Gasteiger partial charge in [-0.05, 0) is 53.8 Å². The highest BCUT2D eigenvalue weighted by molar-refractivity contribution is 6.27. The van der Waals surface area contributed by atoms with E-state index in [9.17, 15) is 0 Å². The van der Waals surface area contributed by atoms with Crippen molar-refractivity contribution in [3.8, 4) is 5.69 Å². The number of aliphatic imine (C=N–C) groups is 1. The molecule has 46 heavy (non-hydrogen) atoms. The monoisotopic (exact) mass is 594 g/mol. The molecule has 4 nitrogen and oxygen atoms in total. The zero-order valence-corrected chi connectivity index (χ0v) is 25.7. The molecule has 2 aromatic heterocycles. The summed E-state index contributed by atoms with van der Waals surface area (Å²) in [6.07, 6.45) is 2.94. The molecule has 8 aromatic rings. The Morgan fingerprint density at radius 2 is 1.26 bits per heavy atom. The molecule has 9 rings (SSSR count). The Morgan fingerprint density at radius 1 is 0.652 bits per heavy atom. The molecular formula is C42H34N4. The Kier molecular flexibility index (Phi) is 6.19. The van der Waals surface area contributed by atoms with Gasteiger partial charge in [0.1, 0.15) is 6.17 Å². The molecule has 222 valence electrons. The van der Waals surface area contributed by atoms with Crippen molar-refractivity contribution >= 4 is 50.0 Å². The molecule has 3 unspecified atom stereocenters. The number of nitrogens with zero attached hydrogens (tertiary/aromatic N) is 3. The molecule has 2 heterocycles. The summed E-state index contributed by atoms with van der Waals surface area (Å²) in [7, 11) is 0. The van der Waals surface area contributed by atoms with E-state index in [-0.39, 0.29) is 11.7 Å². The molecular weight excluding hydrogens is 560 g/mol. The Balaban J connectivity index is 1.28. The van der Waals surface area contributed by atoms with Gasteiger partial charge in [0.05, 0.1) is 28.4 Å². The molecule has 0 saturated heterocycles. The number of fused-ring (bicyclic) bond motifs is 7. The minimum atomic E-state index is -0.215. The van der Waals surface area contributed by atoms with Crippen LogP contribution in [-0.2, 0) is 5.54 Å². The lowest BCUT2D eigenvalue weighted by atomic mass is 10.0. The largest absolute Gasteiger partial charge is 0.309 e. The van der Waals surface area contributed by atoms with Crippen LogP contribution in [0.5, 0.6) is 0 Å². The number of aromatic nitrogens is 2. The van der Waals surface area contributed by atoms with Crippen molar-refractivity contribution in [1.29, 1.82) is 0 Å². The van der Waals surface area contributed by atoms with Gasteiger partial charge in [0, 0.05) is 32.8 Å². The zero-order valence-electron chi connectivity index (χ0n) is 25.7. The normalized spacial score (nSPS) is 18.7. The van der Waals surface area contributed by atoms with E-state index in [0.717, 1.165) is 23.2 Å². The predicted octanol–water partition coefficient (Wildman–Crippen LogP) is 9.99. The highest BCUT2D eigenvalue weighted by atomic mass is 15.2. The topological polar surface area (TPSA) is 34.2 Å². The van der Waals surface area contributed by atoms with Crippen LogP contribution in [0.2, 0.25) is 0 Å². The first-order valence-corrected chi connectivity index (χ1v) is 16.1. The Morgan fingerprint density at radius 3 is 1.98 bits per heavy atom. The highest BCUT2D eigenvalue weighted by Gasteiger charge is 2.53. The van der Waals surface area contributed by atoms with Gasteiger partial charge in [-0.25, -0.2) is 0 Å². The Hall–Kier alpha value is -5.45. The second-order valence-corrected chi connectivity index (χ2v) is 12.6. The number of nitrogens with one attached hydrogen (secondary N) is 1. The molecule has 1 saturated carbocycles. The van der Waals surface area contributed by atoms with Crippen LogP contribution in [0.25, 0.3) is 49.3 Å². The number of hydrogen-bond donors (Lipinski definition) is 1. The summed E-state index contributed by atoms with van der Waals surface area (Å²) in [5.74, 6) is 0.522. The number of hydrogen-bond acceptors (Lipinski definition) is 2. The van der Waals surface area contributed by atoms with Gasteiger partial charge in [0.15, 0.2) is 0 Å². The average molecular weight is 595 g/mol. The van der Waals surface area contributed by atoms with Gasteiger partial charge in [0.2, 0.25) is 0 Å². The maximum absolute atomic E-state index is 5.39. The Bertz CT molecular complexity index is 2390. The van der Waals surface area contributed by atoms with Crippen molar-refractivity contribution < 1.29 is 0 Å². The first kappa shape index (κ1) is 26.9. The van der Waals surface area contributed by atoms with Crippen LogP contribution in [-0.4, -0.2) is 15.5 Å². The van der Waals surface area contributed by atoms with Crippen molar-refractivity contribution in [3.63, 3.8) is 0 Å². The van der Waals surface area contributed by atoms with E-state index >= 15 is 0 Å². The number of benzene rings is 6. The minimum Gasteiger partial charge on any atom is -0.309 e. The highest BCUT2D eigenvalue weighted by Crippen LogP contribution is 2.53. The first-order chi connectivity index (χ1) is 22.7. The van der Waals surface area contributed by atoms with E-state index in [4.69, 9.17) is 4.99 Å². The fraction of sp³-hybridized carbons (Fsp3) is 0.119. The van der Waals surface area contributed by atoms with Gasteiger partial charge in [-0.3, -0.25) is 14.9 Å². The zero-order chi connectivity index (χ0) is 30.7. The molecule has 6 aromatic carbocycles. The van der Waals surface area contributed by atoms with E-state index in [1.807, 2.05) is 0 Å². The first-order valence-electron chi connectivity index (χ1n) is 16.1. The fourth-order valence-electron chi connectivity index (χ4n) is 7.58. The standard InChI is InChI=1S/C42H34N4/c1-29-27-42(29,31-17-7-3-8-18-31)44-41(30-15-5-2-6-16-30)43-28-45-36-23-13-11-21-33(36)34-25-26-38-39(40(34)45)35-22-12-14-24-37(35)46(38)32-19-9-4-10-20-32/h2-26,28-29,41,44H,27H2,1H3. The Labute approximate surface area is 268 Å². The third-order valence-corrected chi connectivity index (χ3v) is 9.96. The SMILES string of the molecule is CC1CC1(NC(N=Cn1c2ccccc2c2ccc3c(c4ccccc4n3-c3ccccc3)c21)c1ccccc1)c1ccccc1. The van der Waals surface area contributed by atoms with Crippen LogP contribution >= 0.6 is 0 Å². The quantitative estimate of drug-likeness (QED) is 0.145. The molecule has 0 bridgehead atoms. The lowest BCUT2D eigenvalue weighted by Gasteiger charge is -2.25. The van der Waals surface area contributed by atoms with Crippen molar-refractivity contribution in [2.75, 3.05) is 0 Å². The van der Waals surface area contributed by atoms with E-state index in [1.165, 1.54) is 43.7 Å². The summed E-state index contributed by atoms with van der Waals surface area (Å²) in [4.78, 5) is 5.39. The van der Waals surface area contributed by atoms with Crippen molar-refractivity contribution in [2.45, 2.75) is 25.0 Å². The predicted molar refractivity (Wildman–Crippen MR) is 192 cm³/mol. The second-order valence-electron chi connectivity index (χ2n) is 12.6. The van der Waals surface area contributed by atoms with Crippen molar-refractivity contribution in [1.82, 2.24) is 14.5 Å². The summed E-state index contributed by atoms with van der Waals surface area (Å²) in [5, 5.41) is 8.95. The van der Waals surface area contributed by atoms with Crippen molar-refractivity contribution in [3.05, 3.63) is 163 Å². The minimum absolute atomic E-state index is 0.101. The molecule has 0 amide bonds. The smallest absolute Gasteiger partial charge is 0.128 e. The molecule has 1 N–H and O–H groups in total. The summed E-state index contributed by atoms with van der Waals surface area (Å²) in [6.45, 7) is 2.33.